The lowest BCUT2D eigenvalue weighted by Crippen LogP contribution is -2.52. The first-order valence-electron chi connectivity index (χ1n) is 8.78. The number of hydrogen-bond donors (Lipinski definition) is 1. The Labute approximate surface area is 129 Å². The third-order valence-corrected chi connectivity index (χ3v) is 5.73. The molecule has 2 unspecified atom stereocenters. The zero-order chi connectivity index (χ0) is 14.7. The Kier molecular flexibility index (Phi) is 4.97. The zero-order valence-corrected chi connectivity index (χ0v) is 13.4. The molecule has 116 valence electrons. The monoisotopic (exact) mass is 286 g/mol. The second-order valence-electron chi connectivity index (χ2n) is 7.17. The number of piperidine rings is 1. The van der Waals surface area contributed by atoms with Crippen LogP contribution in [0.3, 0.4) is 0 Å². The smallest absolute Gasteiger partial charge is 0.0223 e. The maximum Gasteiger partial charge on any atom is 0.0223 e. The molecule has 1 saturated carbocycles. The fourth-order valence-corrected chi connectivity index (χ4v) is 4.45. The summed E-state index contributed by atoms with van der Waals surface area (Å²) in [5.41, 5.74) is 7.58. The second-order valence-corrected chi connectivity index (χ2v) is 7.17. The van der Waals surface area contributed by atoms with Gasteiger partial charge in [0.15, 0.2) is 0 Å². The Balaban J connectivity index is 1.58. The van der Waals surface area contributed by atoms with E-state index in [9.17, 15) is 0 Å². The van der Waals surface area contributed by atoms with Gasteiger partial charge in [0.2, 0.25) is 0 Å². The third-order valence-electron chi connectivity index (χ3n) is 5.73. The minimum atomic E-state index is 0.632. The van der Waals surface area contributed by atoms with Crippen LogP contribution in [0.5, 0.6) is 0 Å². The summed E-state index contributed by atoms with van der Waals surface area (Å²) in [6, 6.07) is 12.5. The molecule has 1 aliphatic carbocycles. The second kappa shape index (κ2) is 6.93. The number of likely N-dealkylation sites (tertiary alicyclic amines) is 1. The largest absolute Gasteiger partial charge is 0.329 e. The highest BCUT2D eigenvalue weighted by atomic mass is 15.2. The van der Waals surface area contributed by atoms with Crippen molar-refractivity contribution in [3.8, 4) is 0 Å². The molecule has 2 fully saturated rings. The standard InChI is InChI=1S/C19H30N2/c1-15-11-12-21(19(13-15)14-20)18-9-7-17(8-10-18)16-5-3-2-4-6-16/h2-6,15,17-19H,7-14,20H2,1H3. The number of rotatable bonds is 3. The highest BCUT2D eigenvalue weighted by Crippen LogP contribution is 2.37. The lowest BCUT2D eigenvalue weighted by atomic mass is 9.79. The minimum absolute atomic E-state index is 0.632. The molecule has 1 saturated heterocycles. The maximum atomic E-state index is 6.04. The molecule has 0 amide bonds. The number of nitrogens with zero attached hydrogens (tertiary/aromatic N) is 1. The van der Waals surface area contributed by atoms with Crippen molar-refractivity contribution in [3.63, 3.8) is 0 Å². The predicted octanol–water partition coefficient (Wildman–Crippen LogP) is 3.77. The minimum Gasteiger partial charge on any atom is -0.329 e. The van der Waals surface area contributed by atoms with Crippen molar-refractivity contribution in [3.05, 3.63) is 35.9 Å². The van der Waals surface area contributed by atoms with Crippen molar-refractivity contribution >= 4 is 0 Å². The van der Waals surface area contributed by atoms with Gasteiger partial charge in [-0.25, -0.2) is 0 Å². The maximum absolute atomic E-state index is 6.04. The van der Waals surface area contributed by atoms with E-state index in [-0.39, 0.29) is 0 Å². The Morgan fingerprint density at radius 3 is 2.43 bits per heavy atom. The lowest BCUT2D eigenvalue weighted by molar-refractivity contribution is 0.0546. The van der Waals surface area contributed by atoms with Gasteiger partial charge >= 0.3 is 0 Å². The van der Waals surface area contributed by atoms with Crippen LogP contribution in [0.15, 0.2) is 30.3 Å². The van der Waals surface area contributed by atoms with Crippen molar-refractivity contribution in [1.82, 2.24) is 4.90 Å². The van der Waals surface area contributed by atoms with Crippen molar-refractivity contribution in [2.45, 2.75) is 63.5 Å². The van der Waals surface area contributed by atoms with Crippen molar-refractivity contribution in [2.24, 2.45) is 11.7 Å². The average Bonchev–Trinajstić information content (AvgIpc) is 2.56. The number of hydrogen-bond acceptors (Lipinski definition) is 2. The van der Waals surface area contributed by atoms with E-state index in [1.807, 2.05) is 0 Å². The molecule has 3 rings (SSSR count). The molecule has 2 nitrogen and oxygen atoms in total. The molecule has 2 heteroatoms. The van der Waals surface area contributed by atoms with Gasteiger partial charge in [0, 0.05) is 18.6 Å². The molecular weight excluding hydrogens is 256 g/mol. The van der Waals surface area contributed by atoms with Gasteiger partial charge in [-0.3, -0.25) is 4.90 Å². The van der Waals surface area contributed by atoms with E-state index < -0.39 is 0 Å². The van der Waals surface area contributed by atoms with Crippen molar-refractivity contribution in [2.75, 3.05) is 13.1 Å². The zero-order valence-electron chi connectivity index (χ0n) is 13.4. The highest BCUT2D eigenvalue weighted by Gasteiger charge is 2.33. The number of nitrogens with two attached hydrogens (primary N) is 1. The topological polar surface area (TPSA) is 29.3 Å². The average molecular weight is 286 g/mol. The van der Waals surface area contributed by atoms with Crippen LogP contribution in [-0.2, 0) is 0 Å². The van der Waals surface area contributed by atoms with E-state index in [1.165, 1.54) is 45.1 Å². The molecule has 21 heavy (non-hydrogen) atoms. The van der Waals surface area contributed by atoms with Gasteiger partial charge in [-0.15, -0.1) is 0 Å². The van der Waals surface area contributed by atoms with Crippen molar-refractivity contribution in [1.29, 1.82) is 0 Å². The summed E-state index contributed by atoms with van der Waals surface area (Å²) in [6.45, 7) is 4.49. The molecule has 1 heterocycles. The lowest BCUT2D eigenvalue weighted by Gasteiger charge is -2.45. The Hall–Kier alpha value is -0.860. The van der Waals surface area contributed by atoms with Gasteiger partial charge in [0.1, 0.15) is 0 Å². The van der Waals surface area contributed by atoms with E-state index in [1.54, 1.807) is 5.56 Å². The molecule has 1 aliphatic heterocycles. The van der Waals surface area contributed by atoms with Crippen molar-refractivity contribution < 1.29 is 0 Å². The van der Waals surface area contributed by atoms with Crippen LogP contribution in [0.2, 0.25) is 0 Å². The molecule has 2 atom stereocenters. The van der Waals surface area contributed by atoms with Gasteiger partial charge in [0.25, 0.3) is 0 Å². The van der Waals surface area contributed by atoms with Crippen LogP contribution in [-0.4, -0.2) is 30.1 Å². The van der Waals surface area contributed by atoms with E-state index in [0.717, 1.165) is 24.4 Å². The first kappa shape index (κ1) is 15.1. The van der Waals surface area contributed by atoms with Gasteiger partial charge in [-0.2, -0.15) is 0 Å². The SMILES string of the molecule is CC1CCN(C2CCC(c3ccccc3)CC2)C(CN)C1. The van der Waals surface area contributed by atoms with Gasteiger partial charge in [0.05, 0.1) is 0 Å². The van der Waals surface area contributed by atoms with E-state index >= 15 is 0 Å². The molecule has 2 aliphatic rings. The predicted molar refractivity (Wildman–Crippen MR) is 89.4 cm³/mol. The van der Waals surface area contributed by atoms with Crippen LogP contribution in [0.25, 0.3) is 0 Å². The molecule has 0 aromatic heterocycles. The first-order valence-corrected chi connectivity index (χ1v) is 8.78. The fourth-order valence-electron chi connectivity index (χ4n) is 4.45. The third kappa shape index (κ3) is 3.49. The van der Waals surface area contributed by atoms with E-state index in [0.29, 0.717) is 6.04 Å². The molecule has 0 radical (unpaired) electrons. The fraction of sp³-hybridized carbons (Fsp3) is 0.684. The summed E-state index contributed by atoms with van der Waals surface area (Å²) in [5.74, 6) is 1.64. The quantitative estimate of drug-likeness (QED) is 0.916. The van der Waals surface area contributed by atoms with Gasteiger partial charge in [-0.1, -0.05) is 37.3 Å². The molecule has 0 spiro atoms. The number of benzene rings is 1. The Morgan fingerprint density at radius 1 is 1.05 bits per heavy atom. The summed E-state index contributed by atoms with van der Waals surface area (Å²) in [4.78, 5) is 2.75. The summed E-state index contributed by atoms with van der Waals surface area (Å²) in [7, 11) is 0. The molecule has 2 N–H and O–H groups in total. The molecule has 0 bridgehead atoms. The normalized spacial score (nSPS) is 34.8. The first-order chi connectivity index (χ1) is 10.3. The summed E-state index contributed by atoms with van der Waals surface area (Å²) in [6.07, 6.45) is 8.05. The summed E-state index contributed by atoms with van der Waals surface area (Å²) in [5, 5.41) is 0. The van der Waals surface area contributed by atoms with Crippen LogP contribution >= 0.6 is 0 Å². The Bertz CT molecular complexity index is 422. The summed E-state index contributed by atoms with van der Waals surface area (Å²) >= 11 is 0. The molecule has 1 aromatic rings. The van der Waals surface area contributed by atoms with Crippen LogP contribution < -0.4 is 5.73 Å². The van der Waals surface area contributed by atoms with Gasteiger partial charge in [-0.05, 0) is 62.5 Å². The van der Waals surface area contributed by atoms with E-state index in [4.69, 9.17) is 5.73 Å². The highest BCUT2D eigenvalue weighted by molar-refractivity contribution is 5.20. The van der Waals surface area contributed by atoms with E-state index in [2.05, 4.69) is 42.2 Å². The van der Waals surface area contributed by atoms with Crippen LogP contribution in [0.4, 0.5) is 0 Å². The molecule has 1 aromatic carbocycles. The van der Waals surface area contributed by atoms with Gasteiger partial charge < -0.3 is 5.73 Å². The van der Waals surface area contributed by atoms with Crippen LogP contribution in [0.1, 0.15) is 56.9 Å². The molecular formula is C19H30N2. The van der Waals surface area contributed by atoms with Crippen LogP contribution in [0, 0.1) is 5.92 Å². The Morgan fingerprint density at radius 2 is 1.76 bits per heavy atom. The summed E-state index contributed by atoms with van der Waals surface area (Å²) < 4.78 is 0.